The first-order chi connectivity index (χ1) is 6.15. The van der Waals surface area contributed by atoms with Crippen molar-refractivity contribution < 1.29 is 20.0 Å². The molecule has 0 saturated carbocycles. The Labute approximate surface area is 84.8 Å². The highest BCUT2D eigenvalue weighted by Crippen LogP contribution is 2.42. The van der Waals surface area contributed by atoms with Crippen LogP contribution in [-0.4, -0.2) is 22.4 Å². The van der Waals surface area contributed by atoms with Crippen molar-refractivity contribution in [3.63, 3.8) is 0 Å². The van der Waals surface area contributed by atoms with Crippen molar-refractivity contribution >= 4 is 5.97 Å². The Hall–Kier alpha value is -0.610. The third-order valence-corrected chi connectivity index (χ3v) is 3.09. The van der Waals surface area contributed by atoms with E-state index in [4.69, 9.17) is 5.26 Å². The predicted molar refractivity (Wildman–Crippen MR) is 52.6 cm³/mol. The fourth-order valence-corrected chi connectivity index (χ4v) is 1.38. The Bertz CT molecular complexity index is 206. The van der Waals surface area contributed by atoms with E-state index in [-0.39, 0.29) is 0 Å². The van der Waals surface area contributed by atoms with E-state index in [0.29, 0.717) is 6.42 Å². The van der Waals surface area contributed by atoms with Crippen molar-refractivity contribution in [2.24, 2.45) is 10.8 Å². The van der Waals surface area contributed by atoms with Crippen LogP contribution in [0.4, 0.5) is 0 Å². The summed E-state index contributed by atoms with van der Waals surface area (Å²) in [6, 6.07) is 0. The molecule has 0 rings (SSSR count). The summed E-state index contributed by atoms with van der Waals surface area (Å²) >= 11 is 0. The van der Waals surface area contributed by atoms with Gasteiger partial charge in [-0.3, -0.25) is 0 Å². The normalized spacial score (nSPS) is 15.1. The summed E-state index contributed by atoms with van der Waals surface area (Å²) in [6.45, 7) is 8.76. The molecule has 1 atom stereocenters. The van der Waals surface area contributed by atoms with Gasteiger partial charge in [0, 0.05) is 0 Å². The molecule has 0 bridgehead atoms. The highest BCUT2D eigenvalue weighted by Gasteiger charge is 2.45. The molecular weight excluding hydrogens is 184 g/mol. The van der Waals surface area contributed by atoms with Crippen LogP contribution < -0.4 is 0 Å². The number of aliphatic hydroxyl groups excluding tert-OH is 1. The molecule has 0 amide bonds. The molecule has 0 radical (unpaired) electrons. The smallest absolute Gasteiger partial charge is 0.348 e. The summed E-state index contributed by atoms with van der Waals surface area (Å²) < 4.78 is 0. The minimum Gasteiger partial charge on any atom is -0.393 e. The average molecular weight is 204 g/mol. The Balaban J connectivity index is 4.77. The lowest BCUT2D eigenvalue weighted by molar-refractivity contribution is -0.249. The van der Waals surface area contributed by atoms with E-state index in [1.807, 2.05) is 13.8 Å². The van der Waals surface area contributed by atoms with Gasteiger partial charge in [-0.25, -0.2) is 4.79 Å². The van der Waals surface area contributed by atoms with Crippen LogP contribution in [-0.2, 0) is 9.68 Å². The maximum absolute atomic E-state index is 11.3. The number of carbonyl (C=O) groups is 1. The zero-order valence-corrected chi connectivity index (χ0v) is 9.50. The van der Waals surface area contributed by atoms with Gasteiger partial charge in [0.15, 0.2) is 0 Å². The average Bonchev–Trinajstić information content (AvgIpc) is 2.00. The molecule has 0 aromatic rings. The van der Waals surface area contributed by atoms with Gasteiger partial charge in [0.2, 0.25) is 0 Å². The lowest BCUT2D eigenvalue weighted by Gasteiger charge is -2.39. The van der Waals surface area contributed by atoms with Gasteiger partial charge in [0.05, 0.1) is 11.5 Å². The van der Waals surface area contributed by atoms with Gasteiger partial charge in [-0.2, -0.15) is 5.26 Å². The molecule has 0 saturated heterocycles. The van der Waals surface area contributed by atoms with E-state index in [1.54, 1.807) is 20.8 Å². The standard InChI is InChI=1S/C10H20O4/c1-7(11)6-9(2,3)10(4,5)8(12)14-13/h7,11,13H,6H2,1-5H3. The maximum atomic E-state index is 11.3. The largest absolute Gasteiger partial charge is 0.393 e. The molecule has 4 nitrogen and oxygen atoms in total. The molecule has 4 heteroatoms. The first kappa shape index (κ1) is 13.4. The number of hydrogen-bond donors (Lipinski definition) is 2. The fraction of sp³-hybridized carbons (Fsp3) is 0.900. The molecule has 2 N–H and O–H groups in total. The SMILES string of the molecule is CC(O)CC(C)(C)C(C)(C)C(=O)OO. The summed E-state index contributed by atoms with van der Waals surface area (Å²) in [7, 11) is 0. The molecular formula is C10H20O4. The van der Waals surface area contributed by atoms with Crippen molar-refractivity contribution in [1.82, 2.24) is 0 Å². The molecule has 1 unspecified atom stereocenters. The van der Waals surface area contributed by atoms with Crippen LogP contribution in [0.1, 0.15) is 41.0 Å². The van der Waals surface area contributed by atoms with E-state index in [9.17, 15) is 9.90 Å². The lowest BCUT2D eigenvalue weighted by Crippen LogP contribution is -2.42. The Morgan fingerprint density at radius 1 is 1.36 bits per heavy atom. The second-order valence-corrected chi connectivity index (χ2v) is 4.94. The summed E-state index contributed by atoms with van der Waals surface area (Å²) in [4.78, 5) is 15.1. The third kappa shape index (κ3) is 2.69. The van der Waals surface area contributed by atoms with Crippen LogP contribution in [0, 0.1) is 10.8 Å². The van der Waals surface area contributed by atoms with Gasteiger partial charge >= 0.3 is 5.97 Å². The quantitative estimate of drug-likeness (QED) is 0.541. The van der Waals surface area contributed by atoms with Gasteiger partial charge < -0.3 is 9.99 Å². The number of hydrogen-bond acceptors (Lipinski definition) is 4. The highest BCUT2D eigenvalue weighted by molar-refractivity contribution is 5.76. The van der Waals surface area contributed by atoms with Crippen molar-refractivity contribution in [1.29, 1.82) is 0 Å². The molecule has 0 fully saturated rings. The predicted octanol–water partition coefficient (Wildman–Crippen LogP) is 1.83. The van der Waals surface area contributed by atoms with Crippen molar-refractivity contribution in [3.05, 3.63) is 0 Å². The van der Waals surface area contributed by atoms with Gasteiger partial charge in [-0.05, 0) is 32.6 Å². The monoisotopic (exact) mass is 204 g/mol. The number of aliphatic hydroxyl groups is 1. The molecule has 0 aliphatic heterocycles. The van der Waals surface area contributed by atoms with Gasteiger partial charge in [-0.15, -0.1) is 0 Å². The van der Waals surface area contributed by atoms with Crippen LogP contribution >= 0.6 is 0 Å². The Kier molecular flexibility index (Phi) is 4.09. The first-order valence-electron chi connectivity index (χ1n) is 4.69. The summed E-state index contributed by atoms with van der Waals surface area (Å²) in [5.74, 6) is -0.678. The first-order valence-corrected chi connectivity index (χ1v) is 4.69. The van der Waals surface area contributed by atoms with Gasteiger partial charge in [-0.1, -0.05) is 13.8 Å². The van der Waals surface area contributed by atoms with Crippen molar-refractivity contribution in [2.75, 3.05) is 0 Å². The lowest BCUT2D eigenvalue weighted by atomic mass is 9.65. The third-order valence-electron chi connectivity index (χ3n) is 3.09. The molecule has 0 spiro atoms. The van der Waals surface area contributed by atoms with Gasteiger partial charge in [0.1, 0.15) is 0 Å². The van der Waals surface area contributed by atoms with E-state index in [0.717, 1.165) is 0 Å². The van der Waals surface area contributed by atoms with E-state index < -0.39 is 22.9 Å². The maximum Gasteiger partial charge on any atom is 0.348 e. The highest BCUT2D eigenvalue weighted by atomic mass is 17.1. The van der Waals surface area contributed by atoms with Crippen molar-refractivity contribution in [3.8, 4) is 0 Å². The molecule has 84 valence electrons. The van der Waals surface area contributed by atoms with Crippen LogP contribution in [0.15, 0.2) is 0 Å². The summed E-state index contributed by atoms with van der Waals surface area (Å²) in [6.07, 6.45) is -0.0227. The minimum absolute atomic E-state index is 0.443. The van der Waals surface area contributed by atoms with Crippen LogP contribution in [0.3, 0.4) is 0 Å². The van der Waals surface area contributed by atoms with Crippen LogP contribution in [0.25, 0.3) is 0 Å². The summed E-state index contributed by atoms with van der Waals surface area (Å²) in [5.41, 5.74) is -1.28. The number of carbonyl (C=O) groups excluding carboxylic acids is 1. The van der Waals surface area contributed by atoms with Crippen LogP contribution in [0.2, 0.25) is 0 Å². The molecule has 0 aliphatic carbocycles. The van der Waals surface area contributed by atoms with E-state index in [1.165, 1.54) is 0 Å². The fourth-order valence-electron chi connectivity index (χ4n) is 1.38. The Morgan fingerprint density at radius 3 is 2.07 bits per heavy atom. The number of rotatable bonds is 4. The minimum atomic E-state index is -0.835. The topological polar surface area (TPSA) is 66.8 Å². The zero-order valence-electron chi connectivity index (χ0n) is 9.50. The second kappa shape index (κ2) is 4.28. The molecule has 0 heterocycles. The van der Waals surface area contributed by atoms with Crippen molar-refractivity contribution in [2.45, 2.75) is 47.1 Å². The van der Waals surface area contributed by atoms with E-state index in [2.05, 4.69) is 4.89 Å². The second-order valence-electron chi connectivity index (χ2n) is 4.94. The van der Waals surface area contributed by atoms with E-state index >= 15 is 0 Å². The molecule has 0 aromatic carbocycles. The Morgan fingerprint density at radius 2 is 1.79 bits per heavy atom. The van der Waals surface area contributed by atoms with Gasteiger partial charge in [0.25, 0.3) is 0 Å². The summed E-state index contributed by atoms with van der Waals surface area (Å²) in [5, 5.41) is 17.6. The van der Waals surface area contributed by atoms with Crippen LogP contribution in [0.5, 0.6) is 0 Å². The molecule has 0 aromatic heterocycles. The zero-order chi connectivity index (χ0) is 11.6. The molecule has 0 aliphatic rings. The molecule has 14 heavy (non-hydrogen) atoms.